The molecule has 0 bridgehead atoms. The summed E-state index contributed by atoms with van der Waals surface area (Å²) in [4.78, 5) is 4.03. The molecule has 21 heavy (non-hydrogen) atoms. The molecule has 1 heterocycles. The van der Waals surface area contributed by atoms with Gasteiger partial charge in [-0.3, -0.25) is 0 Å². The summed E-state index contributed by atoms with van der Waals surface area (Å²) in [6.45, 7) is 2.46. The van der Waals surface area contributed by atoms with Gasteiger partial charge in [-0.05, 0) is 37.5 Å². The maximum Gasteiger partial charge on any atom is 0.263 e. The molecule has 0 aliphatic rings. The lowest BCUT2D eigenvalue weighted by atomic mass is 10.2. The molecule has 0 amide bonds. The maximum absolute atomic E-state index is 13.6. The van der Waals surface area contributed by atoms with Gasteiger partial charge >= 0.3 is 0 Å². The SMILES string of the molecule is CSCC[C@H](C)NCc1noc(-c2c(F)cccc2F)n1. The van der Waals surface area contributed by atoms with Gasteiger partial charge in [-0.2, -0.15) is 16.7 Å². The summed E-state index contributed by atoms with van der Waals surface area (Å²) in [5.41, 5.74) is -0.285. The van der Waals surface area contributed by atoms with Crippen LogP contribution in [0.4, 0.5) is 8.78 Å². The zero-order chi connectivity index (χ0) is 15.2. The van der Waals surface area contributed by atoms with E-state index in [1.807, 2.05) is 0 Å². The number of hydrogen-bond donors (Lipinski definition) is 1. The Hall–Kier alpha value is -1.47. The van der Waals surface area contributed by atoms with Crippen molar-refractivity contribution in [3.05, 3.63) is 35.7 Å². The van der Waals surface area contributed by atoms with Crippen molar-refractivity contribution < 1.29 is 13.3 Å². The highest BCUT2D eigenvalue weighted by atomic mass is 32.2. The summed E-state index contributed by atoms with van der Waals surface area (Å²) >= 11 is 1.78. The number of halogens is 2. The second-order valence-corrected chi connectivity index (χ2v) is 5.66. The van der Waals surface area contributed by atoms with Crippen molar-refractivity contribution in [2.75, 3.05) is 12.0 Å². The second kappa shape index (κ2) is 7.51. The van der Waals surface area contributed by atoms with Crippen molar-refractivity contribution in [1.29, 1.82) is 0 Å². The molecule has 0 saturated heterocycles. The smallest absolute Gasteiger partial charge is 0.263 e. The fourth-order valence-electron chi connectivity index (χ4n) is 1.79. The maximum atomic E-state index is 13.6. The van der Waals surface area contributed by atoms with Gasteiger partial charge in [-0.15, -0.1) is 0 Å². The zero-order valence-electron chi connectivity index (χ0n) is 11.9. The first-order chi connectivity index (χ1) is 10.1. The van der Waals surface area contributed by atoms with Crippen molar-refractivity contribution >= 4 is 11.8 Å². The first-order valence-corrected chi connectivity index (χ1v) is 8.00. The molecule has 7 heteroatoms. The van der Waals surface area contributed by atoms with Gasteiger partial charge in [0.2, 0.25) is 0 Å². The molecule has 0 aliphatic carbocycles. The number of aromatic nitrogens is 2. The summed E-state index contributed by atoms with van der Waals surface area (Å²) in [6.07, 6.45) is 3.08. The predicted octanol–water partition coefficient (Wildman–Crippen LogP) is 3.25. The van der Waals surface area contributed by atoms with Crippen molar-refractivity contribution in [2.45, 2.75) is 25.9 Å². The van der Waals surface area contributed by atoms with Gasteiger partial charge in [0, 0.05) is 6.04 Å². The quantitative estimate of drug-likeness (QED) is 0.850. The highest BCUT2D eigenvalue weighted by Gasteiger charge is 2.17. The fourth-order valence-corrected chi connectivity index (χ4v) is 2.38. The second-order valence-electron chi connectivity index (χ2n) is 4.68. The molecule has 2 rings (SSSR count). The van der Waals surface area contributed by atoms with Crippen molar-refractivity contribution in [3.63, 3.8) is 0 Å². The van der Waals surface area contributed by atoms with Crippen LogP contribution < -0.4 is 5.32 Å². The Balaban J connectivity index is 2.02. The molecular formula is C14H17F2N3OS. The van der Waals surface area contributed by atoms with Crippen LogP contribution in [0.3, 0.4) is 0 Å². The van der Waals surface area contributed by atoms with E-state index in [1.165, 1.54) is 6.07 Å². The van der Waals surface area contributed by atoms with Crippen LogP contribution in [0.2, 0.25) is 0 Å². The van der Waals surface area contributed by atoms with Crippen molar-refractivity contribution in [2.24, 2.45) is 0 Å². The lowest BCUT2D eigenvalue weighted by Crippen LogP contribution is -2.26. The van der Waals surface area contributed by atoms with E-state index in [4.69, 9.17) is 4.52 Å². The van der Waals surface area contributed by atoms with Crippen LogP contribution in [0.25, 0.3) is 11.5 Å². The highest BCUT2D eigenvalue weighted by Crippen LogP contribution is 2.24. The average Bonchev–Trinajstić information content (AvgIpc) is 2.91. The molecule has 1 aromatic carbocycles. The topological polar surface area (TPSA) is 51.0 Å². The Labute approximate surface area is 126 Å². The van der Waals surface area contributed by atoms with Crippen LogP contribution in [0, 0.1) is 11.6 Å². The Morgan fingerprint density at radius 1 is 1.33 bits per heavy atom. The first kappa shape index (κ1) is 15.9. The van der Waals surface area contributed by atoms with E-state index in [0.29, 0.717) is 18.4 Å². The molecule has 4 nitrogen and oxygen atoms in total. The molecule has 0 saturated carbocycles. The van der Waals surface area contributed by atoms with Gasteiger partial charge in [-0.1, -0.05) is 11.2 Å². The summed E-state index contributed by atoms with van der Waals surface area (Å²) < 4.78 is 32.2. The largest absolute Gasteiger partial charge is 0.334 e. The fraction of sp³-hybridized carbons (Fsp3) is 0.429. The van der Waals surface area contributed by atoms with Crippen LogP contribution in [0.1, 0.15) is 19.2 Å². The molecule has 0 aliphatic heterocycles. The van der Waals surface area contributed by atoms with Gasteiger partial charge in [0.15, 0.2) is 5.82 Å². The number of benzene rings is 1. The third-order valence-corrected chi connectivity index (χ3v) is 3.65. The van der Waals surface area contributed by atoms with Crippen LogP contribution in [0.5, 0.6) is 0 Å². The molecule has 0 fully saturated rings. The summed E-state index contributed by atoms with van der Waals surface area (Å²) in [6, 6.07) is 3.92. The van der Waals surface area contributed by atoms with Gasteiger partial charge in [0.25, 0.3) is 5.89 Å². The third-order valence-electron chi connectivity index (χ3n) is 3.01. The van der Waals surface area contributed by atoms with Gasteiger partial charge in [0.05, 0.1) is 6.54 Å². The van der Waals surface area contributed by atoms with Gasteiger partial charge in [0.1, 0.15) is 17.2 Å². The minimum Gasteiger partial charge on any atom is -0.334 e. The molecule has 114 valence electrons. The van der Waals surface area contributed by atoms with E-state index >= 15 is 0 Å². The van der Waals surface area contributed by atoms with E-state index in [2.05, 4.69) is 28.6 Å². The lowest BCUT2D eigenvalue weighted by molar-refractivity contribution is 0.411. The summed E-state index contributed by atoms with van der Waals surface area (Å²) in [5, 5.41) is 6.98. The third kappa shape index (κ3) is 4.25. The van der Waals surface area contributed by atoms with Crippen molar-refractivity contribution in [1.82, 2.24) is 15.5 Å². The number of nitrogens with zero attached hydrogens (tertiary/aromatic N) is 2. The summed E-state index contributed by atoms with van der Waals surface area (Å²) in [7, 11) is 0. The standard InChI is InChI=1S/C14H17F2N3OS/c1-9(6-7-21-2)17-8-12-18-14(20-19-12)13-10(15)4-3-5-11(13)16/h3-5,9,17H,6-8H2,1-2H3/t9-/m0/s1. The Bertz CT molecular complexity index is 571. The van der Waals surface area contributed by atoms with E-state index in [-0.39, 0.29) is 11.5 Å². The Kier molecular flexibility index (Phi) is 5.69. The summed E-state index contributed by atoms with van der Waals surface area (Å²) in [5.74, 6) is -0.132. The highest BCUT2D eigenvalue weighted by molar-refractivity contribution is 7.98. The number of nitrogens with one attached hydrogen (secondary N) is 1. The van der Waals surface area contributed by atoms with E-state index in [9.17, 15) is 8.78 Å². The molecule has 0 spiro atoms. The van der Waals surface area contributed by atoms with Crippen LogP contribution >= 0.6 is 11.8 Å². The van der Waals surface area contributed by atoms with Crippen LogP contribution in [-0.4, -0.2) is 28.2 Å². The van der Waals surface area contributed by atoms with E-state index in [0.717, 1.165) is 24.3 Å². The predicted molar refractivity (Wildman–Crippen MR) is 79.0 cm³/mol. The molecular weight excluding hydrogens is 296 g/mol. The molecule has 1 aromatic heterocycles. The van der Waals surface area contributed by atoms with E-state index in [1.54, 1.807) is 11.8 Å². The first-order valence-electron chi connectivity index (χ1n) is 6.61. The Morgan fingerprint density at radius 3 is 2.71 bits per heavy atom. The molecule has 1 N–H and O–H groups in total. The lowest BCUT2D eigenvalue weighted by Gasteiger charge is -2.10. The molecule has 0 radical (unpaired) electrons. The molecule has 2 aromatic rings. The zero-order valence-corrected chi connectivity index (χ0v) is 12.7. The van der Waals surface area contributed by atoms with E-state index < -0.39 is 11.6 Å². The Morgan fingerprint density at radius 2 is 2.05 bits per heavy atom. The number of thioether (sulfide) groups is 1. The van der Waals surface area contributed by atoms with Gasteiger partial charge < -0.3 is 9.84 Å². The van der Waals surface area contributed by atoms with Crippen LogP contribution in [-0.2, 0) is 6.54 Å². The normalized spacial score (nSPS) is 12.6. The van der Waals surface area contributed by atoms with Crippen LogP contribution in [0.15, 0.2) is 22.7 Å². The number of hydrogen-bond acceptors (Lipinski definition) is 5. The monoisotopic (exact) mass is 313 g/mol. The molecule has 0 unspecified atom stereocenters. The average molecular weight is 313 g/mol. The van der Waals surface area contributed by atoms with Crippen molar-refractivity contribution in [3.8, 4) is 11.5 Å². The van der Waals surface area contributed by atoms with Gasteiger partial charge in [-0.25, -0.2) is 8.78 Å². The minimum absolute atomic E-state index is 0.140. The molecule has 1 atom stereocenters. The minimum atomic E-state index is -0.716. The number of rotatable bonds is 7.